The van der Waals surface area contributed by atoms with Gasteiger partial charge in [0.1, 0.15) is 5.76 Å². The summed E-state index contributed by atoms with van der Waals surface area (Å²) >= 11 is 5.81. The Bertz CT molecular complexity index is 520. The van der Waals surface area contributed by atoms with E-state index in [1.165, 1.54) is 0 Å². The molecule has 0 radical (unpaired) electrons. The maximum absolute atomic E-state index is 12.0. The zero-order valence-corrected chi connectivity index (χ0v) is 11.6. The Hall–Kier alpha value is -1.74. The normalized spacial score (nSPS) is 10.4. The molecule has 1 amide bonds. The zero-order chi connectivity index (χ0) is 13.7. The first-order chi connectivity index (χ1) is 9.15. The van der Waals surface area contributed by atoms with Crippen LogP contribution in [0.1, 0.15) is 11.3 Å². The Morgan fingerprint density at radius 1 is 1.26 bits per heavy atom. The quantitative estimate of drug-likeness (QED) is 0.841. The van der Waals surface area contributed by atoms with E-state index in [9.17, 15) is 4.79 Å². The first-order valence-electron chi connectivity index (χ1n) is 6.16. The Morgan fingerprint density at radius 3 is 2.63 bits per heavy atom. The summed E-state index contributed by atoms with van der Waals surface area (Å²) in [7, 11) is 1.81. The minimum absolute atomic E-state index is 0.0916. The summed E-state index contributed by atoms with van der Waals surface area (Å²) in [5, 5.41) is 0.683. The number of halogens is 1. The fourth-order valence-corrected chi connectivity index (χ4v) is 1.90. The summed E-state index contributed by atoms with van der Waals surface area (Å²) in [5.74, 6) is 0.986. The third kappa shape index (κ3) is 4.14. The maximum atomic E-state index is 12.0. The van der Waals surface area contributed by atoms with E-state index in [2.05, 4.69) is 0 Å². The monoisotopic (exact) mass is 277 g/mol. The van der Waals surface area contributed by atoms with Crippen LogP contribution in [0.25, 0.3) is 0 Å². The van der Waals surface area contributed by atoms with E-state index in [1.54, 1.807) is 30.3 Å². The van der Waals surface area contributed by atoms with Gasteiger partial charge in [0.15, 0.2) is 0 Å². The van der Waals surface area contributed by atoms with Crippen LogP contribution in [0, 0.1) is 0 Å². The lowest BCUT2D eigenvalue weighted by atomic mass is 10.1. The lowest BCUT2D eigenvalue weighted by molar-refractivity contribution is -0.129. The van der Waals surface area contributed by atoms with Gasteiger partial charge >= 0.3 is 0 Å². The van der Waals surface area contributed by atoms with Crippen molar-refractivity contribution in [3.63, 3.8) is 0 Å². The average Bonchev–Trinajstić information content (AvgIpc) is 2.91. The van der Waals surface area contributed by atoms with Gasteiger partial charge in [0.05, 0.1) is 12.7 Å². The zero-order valence-electron chi connectivity index (χ0n) is 10.8. The SMILES string of the molecule is CN(CCc1ccco1)C(=O)Cc1ccc(Cl)cc1. The second-order valence-electron chi connectivity index (χ2n) is 4.45. The van der Waals surface area contributed by atoms with Crippen LogP contribution in [0.2, 0.25) is 5.02 Å². The minimum atomic E-state index is 0.0916. The summed E-state index contributed by atoms with van der Waals surface area (Å²) in [4.78, 5) is 13.7. The van der Waals surface area contributed by atoms with Crippen molar-refractivity contribution in [1.29, 1.82) is 0 Å². The number of rotatable bonds is 5. The molecule has 0 fully saturated rings. The number of carbonyl (C=O) groups is 1. The van der Waals surface area contributed by atoms with Crippen LogP contribution in [0.5, 0.6) is 0 Å². The summed E-state index contributed by atoms with van der Waals surface area (Å²) in [6, 6.07) is 11.1. The third-order valence-corrected chi connectivity index (χ3v) is 3.22. The second kappa shape index (κ2) is 6.43. The van der Waals surface area contributed by atoms with E-state index in [1.807, 2.05) is 24.3 Å². The molecule has 0 bridgehead atoms. The molecule has 2 rings (SSSR count). The van der Waals surface area contributed by atoms with Crippen LogP contribution >= 0.6 is 11.6 Å². The van der Waals surface area contributed by atoms with Crippen molar-refractivity contribution in [1.82, 2.24) is 4.90 Å². The number of carbonyl (C=O) groups excluding carboxylic acids is 1. The van der Waals surface area contributed by atoms with Crippen molar-refractivity contribution in [3.05, 3.63) is 59.0 Å². The van der Waals surface area contributed by atoms with Crippen LogP contribution in [0.4, 0.5) is 0 Å². The lowest BCUT2D eigenvalue weighted by Gasteiger charge is -2.16. The molecular weight excluding hydrogens is 262 g/mol. The number of likely N-dealkylation sites (N-methyl/N-ethyl adjacent to an activating group) is 1. The maximum Gasteiger partial charge on any atom is 0.226 e. The van der Waals surface area contributed by atoms with Gasteiger partial charge in [0.25, 0.3) is 0 Å². The van der Waals surface area contributed by atoms with Gasteiger partial charge in [0, 0.05) is 25.0 Å². The molecule has 100 valence electrons. The highest BCUT2D eigenvalue weighted by Gasteiger charge is 2.10. The van der Waals surface area contributed by atoms with Crippen molar-refractivity contribution in [2.45, 2.75) is 12.8 Å². The fraction of sp³-hybridized carbons (Fsp3) is 0.267. The minimum Gasteiger partial charge on any atom is -0.469 e. The molecule has 0 saturated heterocycles. The number of amides is 1. The molecule has 3 nitrogen and oxygen atoms in total. The number of hydrogen-bond acceptors (Lipinski definition) is 2. The number of hydrogen-bond donors (Lipinski definition) is 0. The van der Waals surface area contributed by atoms with Gasteiger partial charge in [0.2, 0.25) is 5.91 Å². The highest BCUT2D eigenvalue weighted by atomic mass is 35.5. The molecule has 0 aliphatic rings. The largest absolute Gasteiger partial charge is 0.469 e. The van der Waals surface area contributed by atoms with E-state index in [0.717, 1.165) is 17.7 Å². The second-order valence-corrected chi connectivity index (χ2v) is 4.88. The number of nitrogens with zero attached hydrogens (tertiary/aromatic N) is 1. The third-order valence-electron chi connectivity index (χ3n) is 2.97. The smallest absolute Gasteiger partial charge is 0.226 e. The van der Waals surface area contributed by atoms with Crippen molar-refractivity contribution < 1.29 is 9.21 Å². The Balaban J connectivity index is 1.83. The van der Waals surface area contributed by atoms with Gasteiger partial charge in [-0.2, -0.15) is 0 Å². The summed E-state index contributed by atoms with van der Waals surface area (Å²) < 4.78 is 5.24. The number of furan rings is 1. The van der Waals surface area contributed by atoms with Crippen LogP contribution in [-0.4, -0.2) is 24.4 Å². The van der Waals surface area contributed by atoms with Crippen molar-refractivity contribution in [2.24, 2.45) is 0 Å². The van der Waals surface area contributed by atoms with Gasteiger partial charge in [-0.15, -0.1) is 0 Å². The molecule has 0 aliphatic heterocycles. The molecule has 2 aromatic rings. The molecule has 19 heavy (non-hydrogen) atoms. The molecule has 1 aromatic carbocycles. The highest BCUT2D eigenvalue weighted by Crippen LogP contribution is 2.11. The first-order valence-corrected chi connectivity index (χ1v) is 6.54. The standard InChI is InChI=1S/C15H16ClNO2/c1-17(9-8-14-3-2-10-19-14)15(18)11-12-4-6-13(16)7-5-12/h2-7,10H,8-9,11H2,1H3. The van der Waals surface area contributed by atoms with E-state index in [0.29, 0.717) is 18.0 Å². The number of benzene rings is 1. The molecule has 4 heteroatoms. The van der Waals surface area contributed by atoms with Gasteiger partial charge in [-0.05, 0) is 29.8 Å². The molecule has 0 spiro atoms. The highest BCUT2D eigenvalue weighted by molar-refractivity contribution is 6.30. The summed E-state index contributed by atoms with van der Waals surface area (Å²) in [5.41, 5.74) is 0.972. The fourth-order valence-electron chi connectivity index (χ4n) is 1.77. The van der Waals surface area contributed by atoms with Crippen LogP contribution in [0.3, 0.4) is 0 Å². The van der Waals surface area contributed by atoms with E-state index >= 15 is 0 Å². The molecule has 0 atom stereocenters. The van der Waals surface area contributed by atoms with Crippen molar-refractivity contribution >= 4 is 17.5 Å². The molecule has 1 aromatic heterocycles. The van der Waals surface area contributed by atoms with Crippen molar-refractivity contribution in [3.8, 4) is 0 Å². The molecular formula is C15H16ClNO2. The van der Waals surface area contributed by atoms with E-state index in [-0.39, 0.29) is 5.91 Å². The van der Waals surface area contributed by atoms with Gasteiger partial charge < -0.3 is 9.32 Å². The van der Waals surface area contributed by atoms with Gasteiger partial charge in [-0.3, -0.25) is 4.79 Å². The summed E-state index contributed by atoms with van der Waals surface area (Å²) in [6.07, 6.45) is 2.77. The average molecular weight is 278 g/mol. The molecule has 0 saturated carbocycles. The van der Waals surface area contributed by atoms with Crippen LogP contribution in [-0.2, 0) is 17.6 Å². The molecule has 0 N–H and O–H groups in total. The molecule has 0 aliphatic carbocycles. The van der Waals surface area contributed by atoms with E-state index < -0.39 is 0 Å². The van der Waals surface area contributed by atoms with Crippen LogP contribution in [0.15, 0.2) is 47.1 Å². The topological polar surface area (TPSA) is 33.5 Å². The Labute approximate surface area is 117 Å². The Kier molecular flexibility index (Phi) is 4.63. The van der Waals surface area contributed by atoms with Crippen LogP contribution < -0.4 is 0 Å². The summed E-state index contributed by atoms with van der Waals surface area (Å²) in [6.45, 7) is 0.653. The predicted molar refractivity (Wildman–Crippen MR) is 75.2 cm³/mol. The van der Waals surface area contributed by atoms with Gasteiger partial charge in [-0.25, -0.2) is 0 Å². The molecule has 0 unspecified atom stereocenters. The van der Waals surface area contributed by atoms with E-state index in [4.69, 9.17) is 16.0 Å². The lowest BCUT2D eigenvalue weighted by Crippen LogP contribution is -2.30. The van der Waals surface area contributed by atoms with Crippen molar-refractivity contribution in [2.75, 3.05) is 13.6 Å². The first kappa shape index (κ1) is 13.7. The van der Waals surface area contributed by atoms with Gasteiger partial charge in [-0.1, -0.05) is 23.7 Å². The predicted octanol–water partition coefficient (Wildman–Crippen LogP) is 3.18. The molecule has 1 heterocycles. The Morgan fingerprint density at radius 2 is 2.00 bits per heavy atom.